The first kappa shape index (κ1) is 12.2. The Morgan fingerprint density at radius 3 is 2.73 bits per heavy atom. The molecule has 4 nitrogen and oxygen atoms in total. The lowest BCUT2D eigenvalue weighted by molar-refractivity contribution is 0.269. The van der Waals surface area contributed by atoms with Crippen molar-refractivity contribution in [3.8, 4) is 0 Å². The van der Waals surface area contributed by atoms with E-state index in [4.69, 9.17) is 16.7 Å². The zero-order valence-corrected chi connectivity index (χ0v) is 9.99. The Morgan fingerprint density at radius 1 is 1.53 bits per heavy atom. The molecule has 1 atom stereocenters. The van der Waals surface area contributed by atoms with Gasteiger partial charge in [-0.2, -0.15) is 0 Å². The molecule has 1 unspecified atom stereocenters. The third kappa shape index (κ3) is 3.04. The highest BCUT2D eigenvalue weighted by Crippen LogP contribution is 2.16. The summed E-state index contributed by atoms with van der Waals surface area (Å²) in [5.41, 5.74) is 0. The van der Waals surface area contributed by atoms with E-state index in [-0.39, 0.29) is 12.6 Å². The Labute approximate surface area is 94.9 Å². The van der Waals surface area contributed by atoms with Gasteiger partial charge in [0.25, 0.3) is 0 Å². The van der Waals surface area contributed by atoms with Crippen LogP contribution in [-0.4, -0.2) is 34.8 Å². The third-order valence-corrected chi connectivity index (χ3v) is 2.52. The molecule has 0 aliphatic heterocycles. The van der Waals surface area contributed by atoms with Crippen molar-refractivity contribution in [1.29, 1.82) is 0 Å². The number of aliphatic hydroxyl groups is 1. The van der Waals surface area contributed by atoms with Crippen LogP contribution in [0.15, 0.2) is 6.07 Å². The maximum absolute atomic E-state index is 9.04. The van der Waals surface area contributed by atoms with Crippen molar-refractivity contribution in [1.82, 2.24) is 9.97 Å². The molecule has 0 aliphatic carbocycles. The molecule has 0 saturated heterocycles. The minimum Gasteiger partial charge on any atom is -0.394 e. The average Bonchev–Trinajstić information content (AvgIpc) is 2.26. The van der Waals surface area contributed by atoms with Gasteiger partial charge in [0.2, 0.25) is 0 Å². The normalized spacial score (nSPS) is 12.6. The van der Waals surface area contributed by atoms with E-state index in [2.05, 4.69) is 9.97 Å². The van der Waals surface area contributed by atoms with E-state index < -0.39 is 0 Å². The van der Waals surface area contributed by atoms with E-state index in [1.54, 1.807) is 6.07 Å². The van der Waals surface area contributed by atoms with Crippen molar-refractivity contribution < 1.29 is 5.11 Å². The summed E-state index contributed by atoms with van der Waals surface area (Å²) in [6.07, 6.45) is 0.745. The number of aryl methyl sites for hydroxylation is 1. The van der Waals surface area contributed by atoms with E-state index in [9.17, 15) is 0 Å². The Balaban J connectivity index is 2.97. The lowest BCUT2D eigenvalue weighted by Crippen LogP contribution is -2.32. The van der Waals surface area contributed by atoms with Crippen LogP contribution in [0.5, 0.6) is 0 Å². The lowest BCUT2D eigenvalue weighted by atomic mass is 10.3. The second-order valence-electron chi connectivity index (χ2n) is 3.46. The number of halogens is 1. The SMILES string of the molecule is CCc1nc(Cl)cc(N(C)C(C)CO)n1. The summed E-state index contributed by atoms with van der Waals surface area (Å²) < 4.78 is 0. The Kier molecular flexibility index (Phi) is 4.29. The first-order valence-corrected chi connectivity index (χ1v) is 5.33. The van der Waals surface area contributed by atoms with Gasteiger partial charge in [-0.05, 0) is 6.92 Å². The first-order chi connectivity index (χ1) is 7.08. The van der Waals surface area contributed by atoms with Crippen LogP contribution in [0.3, 0.4) is 0 Å². The van der Waals surface area contributed by atoms with Gasteiger partial charge in [-0.1, -0.05) is 18.5 Å². The van der Waals surface area contributed by atoms with Gasteiger partial charge in [-0.25, -0.2) is 9.97 Å². The predicted molar refractivity (Wildman–Crippen MR) is 61.4 cm³/mol. The minimum atomic E-state index is 0.0145. The van der Waals surface area contributed by atoms with E-state index in [0.717, 1.165) is 18.1 Å². The molecule has 1 N–H and O–H groups in total. The van der Waals surface area contributed by atoms with E-state index in [1.807, 2.05) is 25.8 Å². The van der Waals surface area contributed by atoms with Crippen molar-refractivity contribution in [3.63, 3.8) is 0 Å². The molecule has 1 rings (SSSR count). The molecule has 0 saturated carbocycles. The van der Waals surface area contributed by atoms with Gasteiger partial charge in [0.05, 0.1) is 12.6 Å². The van der Waals surface area contributed by atoms with Gasteiger partial charge >= 0.3 is 0 Å². The van der Waals surface area contributed by atoms with Crippen LogP contribution in [0, 0.1) is 0 Å². The second kappa shape index (κ2) is 5.28. The van der Waals surface area contributed by atoms with Crippen LogP contribution in [0.1, 0.15) is 19.7 Å². The Hall–Kier alpha value is -0.870. The smallest absolute Gasteiger partial charge is 0.134 e. The van der Waals surface area contributed by atoms with Crippen molar-refractivity contribution in [2.24, 2.45) is 0 Å². The molecule has 15 heavy (non-hydrogen) atoms. The van der Waals surface area contributed by atoms with E-state index in [1.165, 1.54) is 0 Å². The standard InChI is InChI=1S/C10H16ClN3O/c1-4-9-12-8(11)5-10(13-9)14(3)7(2)6-15/h5,7,15H,4,6H2,1-3H3. The molecule has 5 heteroatoms. The molecule has 0 radical (unpaired) electrons. The second-order valence-corrected chi connectivity index (χ2v) is 3.85. The first-order valence-electron chi connectivity index (χ1n) is 4.95. The van der Waals surface area contributed by atoms with E-state index in [0.29, 0.717) is 5.15 Å². The molecule has 1 aromatic rings. The predicted octanol–water partition coefficient (Wildman–Crippen LogP) is 1.51. The quantitative estimate of drug-likeness (QED) is 0.796. The lowest BCUT2D eigenvalue weighted by Gasteiger charge is -2.24. The molecule has 0 spiro atoms. The fourth-order valence-corrected chi connectivity index (χ4v) is 1.33. The zero-order valence-electron chi connectivity index (χ0n) is 9.24. The summed E-state index contributed by atoms with van der Waals surface area (Å²) in [6, 6.07) is 1.72. The third-order valence-electron chi connectivity index (χ3n) is 2.33. The van der Waals surface area contributed by atoms with Crippen molar-refractivity contribution >= 4 is 17.4 Å². The molecule has 1 aromatic heterocycles. The molecule has 0 aliphatic rings. The van der Waals surface area contributed by atoms with Gasteiger partial charge in [-0.3, -0.25) is 0 Å². The van der Waals surface area contributed by atoms with Crippen molar-refractivity contribution in [2.45, 2.75) is 26.3 Å². The summed E-state index contributed by atoms with van der Waals surface area (Å²) in [5.74, 6) is 1.46. The largest absolute Gasteiger partial charge is 0.394 e. The molecule has 0 fully saturated rings. The molecule has 0 amide bonds. The van der Waals surface area contributed by atoms with E-state index >= 15 is 0 Å². The van der Waals surface area contributed by atoms with Crippen LogP contribution >= 0.6 is 11.6 Å². The summed E-state index contributed by atoms with van der Waals surface area (Å²) in [7, 11) is 1.87. The fourth-order valence-electron chi connectivity index (χ4n) is 1.14. The summed E-state index contributed by atoms with van der Waals surface area (Å²) in [5, 5.41) is 9.48. The highest BCUT2D eigenvalue weighted by Gasteiger charge is 2.11. The fraction of sp³-hybridized carbons (Fsp3) is 0.600. The monoisotopic (exact) mass is 229 g/mol. The maximum atomic E-state index is 9.04. The highest BCUT2D eigenvalue weighted by atomic mass is 35.5. The zero-order chi connectivity index (χ0) is 11.4. The Bertz CT molecular complexity index is 332. The van der Waals surface area contributed by atoms with Crippen LogP contribution in [0.2, 0.25) is 5.15 Å². The molecular formula is C10H16ClN3O. The number of nitrogens with zero attached hydrogens (tertiary/aromatic N) is 3. The van der Waals surface area contributed by atoms with Crippen LogP contribution in [0.25, 0.3) is 0 Å². The van der Waals surface area contributed by atoms with Crippen LogP contribution in [-0.2, 0) is 6.42 Å². The van der Waals surface area contributed by atoms with Gasteiger partial charge in [0.1, 0.15) is 16.8 Å². The number of anilines is 1. The van der Waals surface area contributed by atoms with Crippen LogP contribution < -0.4 is 4.90 Å². The molecular weight excluding hydrogens is 214 g/mol. The molecule has 84 valence electrons. The summed E-state index contributed by atoms with van der Waals surface area (Å²) in [4.78, 5) is 10.3. The number of likely N-dealkylation sites (N-methyl/N-ethyl adjacent to an activating group) is 1. The van der Waals surface area contributed by atoms with Gasteiger partial charge in [-0.15, -0.1) is 0 Å². The maximum Gasteiger partial charge on any atom is 0.134 e. The number of hydrogen-bond donors (Lipinski definition) is 1. The molecule has 0 bridgehead atoms. The average molecular weight is 230 g/mol. The Morgan fingerprint density at radius 2 is 2.20 bits per heavy atom. The summed E-state index contributed by atoms with van der Waals surface area (Å²) >= 11 is 5.88. The van der Waals surface area contributed by atoms with Gasteiger partial charge in [0, 0.05) is 19.5 Å². The minimum absolute atomic E-state index is 0.0145. The van der Waals surface area contributed by atoms with Crippen molar-refractivity contribution in [2.75, 3.05) is 18.6 Å². The van der Waals surface area contributed by atoms with Gasteiger partial charge in [0.15, 0.2) is 0 Å². The van der Waals surface area contributed by atoms with Gasteiger partial charge < -0.3 is 10.0 Å². The molecule has 0 aromatic carbocycles. The number of aliphatic hydroxyl groups excluding tert-OH is 1. The molecule has 1 heterocycles. The topological polar surface area (TPSA) is 49.2 Å². The summed E-state index contributed by atoms with van der Waals surface area (Å²) in [6.45, 7) is 3.98. The van der Waals surface area contributed by atoms with Crippen LogP contribution in [0.4, 0.5) is 5.82 Å². The number of hydrogen-bond acceptors (Lipinski definition) is 4. The highest BCUT2D eigenvalue weighted by molar-refractivity contribution is 6.29. The number of aromatic nitrogens is 2. The number of rotatable bonds is 4. The van der Waals surface area contributed by atoms with Crippen molar-refractivity contribution in [3.05, 3.63) is 17.0 Å².